The quantitative estimate of drug-likeness (QED) is 0.715. The summed E-state index contributed by atoms with van der Waals surface area (Å²) >= 11 is 0. The molecule has 2 heterocycles. The van der Waals surface area contributed by atoms with Crippen LogP contribution in [-0.2, 0) is 25.8 Å². The molecule has 3 aromatic rings. The van der Waals surface area contributed by atoms with Crippen molar-refractivity contribution in [1.82, 2.24) is 9.97 Å². The highest BCUT2D eigenvalue weighted by Crippen LogP contribution is 2.32. The van der Waals surface area contributed by atoms with E-state index >= 15 is 0 Å². The zero-order valence-corrected chi connectivity index (χ0v) is 15.8. The Labute approximate surface area is 164 Å². The Kier molecular flexibility index (Phi) is 4.43. The molecular formula is C23H23FN4. The molecule has 1 aromatic heterocycles. The SMILES string of the molecule is Fc1ccc(Nc2nc3c(c(N4CCc5ccccc5C4)n2)CCCC3)cc1. The van der Waals surface area contributed by atoms with Gasteiger partial charge in [-0.15, -0.1) is 0 Å². The van der Waals surface area contributed by atoms with Gasteiger partial charge in [0, 0.05) is 24.3 Å². The molecule has 0 spiro atoms. The van der Waals surface area contributed by atoms with E-state index in [0.29, 0.717) is 5.95 Å². The fourth-order valence-electron chi connectivity index (χ4n) is 4.23. The number of hydrogen-bond donors (Lipinski definition) is 1. The number of rotatable bonds is 3. The lowest BCUT2D eigenvalue weighted by Gasteiger charge is -2.32. The summed E-state index contributed by atoms with van der Waals surface area (Å²) in [5.74, 6) is 1.41. The van der Waals surface area contributed by atoms with Gasteiger partial charge in [-0.1, -0.05) is 24.3 Å². The molecule has 5 heteroatoms. The summed E-state index contributed by atoms with van der Waals surface area (Å²) in [6, 6.07) is 15.0. The van der Waals surface area contributed by atoms with E-state index in [0.717, 1.165) is 49.6 Å². The van der Waals surface area contributed by atoms with Crippen LogP contribution < -0.4 is 10.2 Å². The smallest absolute Gasteiger partial charge is 0.229 e. The van der Waals surface area contributed by atoms with Crippen molar-refractivity contribution in [2.24, 2.45) is 0 Å². The van der Waals surface area contributed by atoms with E-state index in [9.17, 15) is 4.39 Å². The Morgan fingerprint density at radius 2 is 1.64 bits per heavy atom. The molecule has 2 aliphatic rings. The maximum absolute atomic E-state index is 13.2. The molecule has 2 aromatic carbocycles. The first-order valence-electron chi connectivity index (χ1n) is 10.0. The fourth-order valence-corrected chi connectivity index (χ4v) is 4.23. The summed E-state index contributed by atoms with van der Waals surface area (Å²) in [6.45, 7) is 1.85. The lowest BCUT2D eigenvalue weighted by Crippen LogP contribution is -2.32. The van der Waals surface area contributed by atoms with Gasteiger partial charge in [-0.25, -0.2) is 9.37 Å². The minimum absolute atomic E-state index is 0.246. The van der Waals surface area contributed by atoms with E-state index in [1.54, 1.807) is 12.1 Å². The normalized spacial score (nSPS) is 15.7. The summed E-state index contributed by atoms with van der Waals surface area (Å²) in [4.78, 5) is 12.1. The van der Waals surface area contributed by atoms with Gasteiger partial charge in [-0.3, -0.25) is 0 Å². The third kappa shape index (κ3) is 3.33. The number of anilines is 3. The largest absolute Gasteiger partial charge is 0.352 e. The Balaban J connectivity index is 1.50. The van der Waals surface area contributed by atoms with Crippen LogP contribution in [0.25, 0.3) is 0 Å². The molecule has 1 aliphatic heterocycles. The topological polar surface area (TPSA) is 41.1 Å². The van der Waals surface area contributed by atoms with E-state index in [2.05, 4.69) is 34.5 Å². The number of fused-ring (bicyclic) bond motifs is 2. The monoisotopic (exact) mass is 374 g/mol. The number of aryl methyl sites for hydroxylation is 1. The van der Waals surface area contributed by atoms with Crippen LogP contribution in [0.2, 0.25) is 0 Å². The highest BCUT2D eigenvalue weighted by molar-refractivity contribution is 5.59. The minimum Gasteiger partial charge on any atom is -0.352 e. The number of benzene rings is 2. The molecule has 0 radical (unpaired) electrons. The summed E-state index contributed by atoms with van der Waals surface area (Å²) in [5, 5.41) is 3.26. The van der Waals surface area contributed by atoms with Crippen LogP contribution in [-0.4, -0.2) is 16.5 Å². The summed E-state index contributed by atoms with van der Waals surface area (Å²) in [7, 11) is 0. The number of halogens is 1. The van der Waals surface area contributed by atoms with Crippen molar-refractivity contribution in [3.63, 3.8) is 0 Å². The van der Waals surface area contributed by atoms with Crippen molar-refractivity contribution in [3.05, 3.63) is 76.7 Å². The molecule has 28 heavy (non-hydrogen) atoms. The fraction of sp³-hybridized carbons (Fsp3) is 0.304. The van der Waals surface area contributed by atoms with E-state index in [1.165, 1.54) is 41.7 Å². The van der Waals surface area contributed by atoms with Crippen LogP contribution in [0, 0.1) is 5.82 Å². The van der Waals surface area contributed by atoms with Crippen molar-refractivity contribution < 1.29 is 4.39 Å². The molecule has 1 aliphatic carbocycles. The van der Waals surface area contributed by atoms with Gasteiger partial charge in [-0.05, 0) is 67.5 Å². The molecule has 142 valence electrons. The molecular weight excluding hydrogens is 351 g/mol. The second kappa shape index (κ2) is 7.23. The van der Waals surface area contributed by atoms with Gasteiger partial charge >= 0.3 is 0 Å². The lowest BCUT2D eigenvalue weighted by atomic mass is 9.94. The second-order valence-corrected chi connectivity index (χ2v) is 7.58. The predicted molar refractivity (Wildman–Crippen MR) is 110 cm³/mol. The predicted octanol–water partition coefficient (Wildman–Crippen LogP) is 4.80. The molecule has 0 bridgehead atoms. The van der Waals surface area contributed by atoms with Crippen LogP contribution in [0.4, 0.5) is 21.8 Å². The Hall–Kier alpha value is -2.95. The minimum atomic E-state index is -0.246. The number of aromatic nitrogens is 2. The van der Waals surface area contributed by atoms with Crippen molar-refractivity contribution in [2.75, 3.05) is 16.8 Å². The van der Waals surface area contributed by atoms with Gasteiger partial charge in [0.25, 0.3) is 0 Å². The van der Waals surface area contributed by atoms with Crippen molar-refractivity contribution in [2.45, 2.75) is 38.6 Å². The summed E-state index contributed by atoms with van der Waals surface area (Å²) in [5.41, 5.74) is 6.07. The standard InChI is InChI=1S/C23H23FN4/c24-18-9-11-19(12-10-18)25-23-26-21-8-4-3-7-20(21)22(27-23)28-14-13-16-5-1-2-6-17(16)15-28/h1-2,5-6,9-12H,3-4,7-8,13-15H2,(H,25,26,27). The number of hydrogen-bond acceptors (Lipinski definition) is 4. The van der Waals surface area contributed by atoms with Gasteiger partial charge in [-0.2, -0.15) is 4.98 Å². The molecule has 1 N–H and O–H groups in total. The van der Waals surface area contributed by atoms with Crippen LogP contribution >= 0.6 is 0 Å². The molecule has 0 atom stereocenters. The number of nitrogens with zero attached hydrogens (tertiary/aromatic N) is 3. The van der Waals surface area contributed by atoms with Gasteiger partial charge in [0.15, 0.2) is 0 Å². The summed E-state index contributed by atoms with van der Waals surface area (Å²) < 4.78 is 13.2. The zero-order chi connectivity index (χ0) is 18.9. The van der Waals surface area contributed by atoms with E-state index in [4.69, 9.17) is 9.97 Å². The van der Waals surface area contributed by atoms with E-state index in [-0.39, 0.29) is 5.82 Å². The first kappa shape index (κ1) is 17.2. The Morgan fingerprint density at radius 3 is 2.50 bits per heavy atom. The van der Waals surface area contributed by atoms with Crippen LogP contribution in [0.3, 0.4) is 0 Å². The lowest BCUT2D eigenvalue weighted by molar-refractivity contribution is 0.628. The van der Waals surface area contributed by atoms with Crippen LogP contribution in [0.5, 0.6) is 0 Å². The van der Waals surface area contributed by atoms with Crippen molar-refractivity contribution in [1.29, 1.82) is 0 Å². The maximum Gasteiger partial charge on any atom is 0.229 e. The average molecular weight is 374 g/mol. The van der Waals surface area contributed by atoms with Crippen molar-refractivity contribution in [3.8, 4) is 0 Å². The molecule has 0 saturated carbocycles. The maximum atomic E-state index is 13.2. The first-order chi connectivity index (χ1) is 13.8. The summed E-state index contributed by atoms with van der Waals surface area (Å²) in [6.07, 6.45) is 5.43. The third-order valence-electron chi connectivity index (χ3n) is 5.69. The third-order valence-corrected chi connectivity index (χ3v) is 5.69. The average Bonchev–Trinajstić information content (AvgIpc) is 2.74. The van der Waals surface area contributed by atoms with Gasteiger partial charge < -0.3 is 10.2 Å². The van der Waals surface area contributed by atoms with Gasteiger partial charge in [0.2, 0.25) is 5.95 Å². The van der Waals surface area contributed by atoms with Gasteiger partial charge in [0.1, 0.15) is 11.6 Å². The highest BCUT2D eigenvalue weighted by atomic mass is 19.1. The molecule has 0 amide bonds. The Morgan fingerprint density at radius 1 is 0.857 bits per heavy atom. The Bertz CT molecular complexity index is 1000. The van der Waals surface area contributed by atoms with E-state index < -0.39 is 0 Å². The van der Waals surface area contributed by atoms with Crippen LogP contribution in [0.15, 0.2) is 48.5 Å². The molecule has 5 rings (SSSR count). The van der Waals surface area contributed by atoms with Crippen molar-refractivity contribution >= 4 is 17.5 Å². The molecule has 4 nitrogen and oxygen atoms in total. The molecule has 0 unspecified atom stereocenters. The molecule has 0 fully saturated rings. The molecule has 0 saturated heterocycles. The highest BCUT2D eigenvalue weighted by Gasteiger charge is 2.24. The number of nitrogens with one attached hydrogen (secondary N) is 1. The van der Waals surface area contributed by atoms with Gasteiger partial charge in [0.05, 0.1) is 5.69 Å². The van der Waals surface area contributed by atoms with E-state index in [1.807, 2.05) is 0 Å². The zero-order valence-electron chi connectivity index (χ0n) is 15.8. The first-order valence-corrected chi connectivity index (χ1v) is 10.0. The van der Waals surface area contributed by atoms with Crippen LogP contribution in [0.1, 0.15) is 35.2 Å². The second-order valence-electron chi connectivity index (χ2n) is 7.58.